The average Bonchev–Trinajstić information content (AvgIpc) is 3.25. The zero-order valence-corrected chi connectivity index (χ0v) is 15.3. The van der Waals surface area contributed by atoms with E-state index in [1.807, 2.05) is 18.2 Å². The molecule has 3 aromatic carbocycles. The fourth-order valence-corrected chi connectivity index (χ4v) is 5.45. The van der Waals surface area contributed by atoms with E-state index < -0.39 is 6.10 Å². The summed E-state index contributed by atoms with van der Waals surface area (Å²) in [5, 5.41) is 23.5. The molecule has 27 heavy (non-hydrogen) atoms. The lowest BCUT2D eigenvalue weighted by atomic mass is 9.95. The second-order valence-corrected chi connectivity index (χ2v) is 8.11. The van der Waals surface area contributed by atoms with Crippen molar-refractivity contribution >= 4 is 10.8 Å². The highest BCUT2D eigenvalue weighted by atomic mass is 16.3. The minimum Gasteiger partial charge on any atom is -0.396 e. The molecule has 1 saturated carbocycles. The third-order valence-electron chi connectivity index (χ3n) is 6.74. The van der Waals surface area contributed by atoms with Crippen LogP contribution in [0.4, 0.5) is 0 Å². The Hall–Kier alpha value is -2.20. The van der Waals surface area contributed by atoms with Crippen molar-refractivity contribution < 1.29 is 10.2 Å². The van der Waals surface area contributed by atoms with Crippen LogP contribution in [0.5, 0.6) is 0 Å². The predicted octanol–water partition coefficient (Wildman–Crippen LogP) is 3.41. The maximum atomic E-state index is 11.0. The molecule has 0 radical (unpaired) electrons. The van der Waals surface area contributed by atoms with Crippen LogP contribution in [0.25, 0.3) is 10.8 Å². The number of hydrogen-bond acceptors (Lipinski definition) is 3. The molecule has 2 aliphatic rings. The minimum atomic E-state index is -0.394. The first-order valence-corrected chi connectivity index (χ1v) is 9.77. The van der Waals surface area contributed by atoms with Gasteiger partial charge in [-0.2, -0.15) is 0 Å². The SMILES string of the molecule is OC[C@@H]1[C@@H](c2ccccc2)[C@]12CN(Cc1cccc3ccccc13)C[C@@H]2O. The Kier molecular flexibility index (Phi) is 4.05. The number of rotatable bonds is 4. The Morgan fingerprint density at radius 3 is 2.48 bits per heavy atom. The molecule has 0 bridgehead atoms. The highest BCUT2D eigenvalue weighted by molar-refractivity contribution is 5.85. The van der Waals surface area contributed by atoms with Crippen molar-refractivity contribution in [1.82, 2.24) is 4.90 Å². The van der Waals surface area contributed by atoms with Crippen LogP contribution in [0, 0.1) is 11.3 Å². The third-order valence-corrected chi connectivity index (χ3v) is 6.74. The Balaban J connectivity index is 1.41. The topological polar surface area (TPSA) is 43.7 Å². The highest BCUT2D eigenvalue weighted by Crippen LogP contribution is 2.68. The van der Waals surface area contributed by atoms with Gasteiger partial charge in [0, 0.05) is 31.7 Å². The highest BCUT2D eigenvalue weighted by Gasteiger charge is 2.70. The molecule has 1 saturated heterocycles. The van der Waals surface area contributed by atoms with Crippen molar-refractivity contribution in [3.05, 3.63) is 83.9 Å². The fourth-order valence-electron chi connectivity index (χ4n) is 5.45. The summed E-state index contributed by atoms with van der Waals surface area (Å²) in [4.78, 5) is 2.36. The van der Waals surface area contributed by atoms with Crippen molar-refractivity contribution in [2.45, 2.75) is 18.6 Å². The standard InChI is InChI=1S/C24H25NO2/c26-15-21-23(18-8-2-1-3-9-18)24(21)16-25(14-22(24)27)13-19-11-6-10-17-7-4-5-12-20(17)19/h1-12,21-23,26-27H,13-16H2/t21-,22+,23-,24-/m1/s1. The summed E-state index contributed by atoms with van der Waals surface area (Å²) >= 11 is 0. The summed E-state index contributed by atoms with van der Waals surface area (Å²) in [5.74, 6) is 0.392. The van der Waals surface area contributed by atoms with Gasteiger partial charge in [0.15, 0.2) is 0 Å². The van der Waals surface area contributed by atoms with Crippen LogP contribution in [0.3, 0.4) is 0 Å². The summed E-state index contributed by atoms with van der Waals surface area (Å²) in [7, 11) is 0. The van der Waals surface area contributed by atoms with E-state index in [9.17, 15) is 10.2 Å². The smallest absolute Gasteiger partial charge is 0.0745 e. The van der Waals surface area contributed by atoms with Gasteiger partial charge in [-0.05, 0) is 33.7 Å². The minimum absolute atomic E-state index is 0.138. The zero-order chi connectivity index (χ0) is 18.4. The molecule has 0 aromatic heterocycles. The molecule has 0 unspecified atom stereocenters. The number of nitrogens with zero attached hydrogens (tertiary/aromatic N) is 1. The van der Waals surface area contributed by atoms with Gasteiger partial charge in [0.2, 0.25) is 0 Å². The molecule has 2 fully saturated rings. The molecule has 3 aromatic rings. The van der Waals surface area contributed by atoms with Gasteiger partial charge < -0.3 is 10.2 Å². The van der Waals surface area contributed by atoms with Gasteiger partial charge in [0.05, 0.1) is 6.10 Å². The Morgan fingerprint density at radius 1 is 0.926 bits per heavy atom. The Labute approximate surface area is 159 Å². The van der Waals surface area contributed by atoms with E-state index in [2.05, 4.69) is 59.5 Å². The fraction of sp³-hybridized carbons (Fsp3) is 0.333. The largest absolute Gasteiger partial charge is 0.396 e. The quantitative estimate of drug-likeness (QED) is 0.750. The molecule has 5 rings (SSSR count). The summed E-state index contributed by atoms with van der Waals surface area (Å²) in [6.07, 6.45) is -0.394. The number of aliphatic hydroxyl groups excluding tert-OH is 2. The molecule has 0 amide bonds. The zero-order valence-electron chi connectivity index (χ0n) is 15.3. The lowest BCUT2D eigenvalue weighted by Crippen LogP contribution is -2.23. The van der Waals surface area contributed by atoms with Gasteiger partial charge in [0.1, 0.15) is 0 Å². The number of hydrogen-bond donors (Lipinski definition) is 2. The first-order valence-electron chi connectivity index (χ1n) is 9.77. The van der Waals surface area contributed by atoms with E-state index in [1.54, 1.807) is 0 Å². The number of β-amino-alcohol motifs (C(OH)–C–C–N with tert-alkyl or cyclic N) is 1. The molecule has 1 spiro atoms. The van der Waals surface area contributed by atoms with Crippen LogP contribution in [0.2, 0.25) is 0 Å². The van der Waals surface area contributed by atoms with Crippen molar-refractivity contribution in [2.75, 3.05) is 19.7 Å². The second-order valence-electron chi connectivity index (χ2n) is 8.11. The normalized spacial score (nSPS) is 30.2. The van der Waals surface area contributed by atoms with Crippen LogP contribution in [0.15, 0.2) is 72.8 Å². The lowest BCUT2D eigenvalue weighted by Gasteiger charge is -2.17. The average molecular weight is 359 g/mol. The number of benzene rings is 3. The molecule has 1 aliphatic heterocycles. The van der Waals surface area contributed by atoms with E-state index in [0.29, 0.717) is 6.54 Å². The van der Waals surface area contributed by atoms with E-state index >= 15 is 0 Å². The van der Waals surface area contributed by atoms with Crippen molar-refractivity contribution in [3.63, 3.8) is 0 Å². The Bertz CT molecular complexity index is 952. The molecular formula is C24H25NO2. The van der Waals surface area contributed by atoms with Gasteiger partial charge in [0.25, 0.3) is 0 Å². The van der Waals surface area contributed by atoms with Crippen molar-refractivity contribution in [1.29, 1.82) is 0 Å². The van der Waals surface area contributed by atoms with E-state index in [4.69, 9.17) is 0 Å². The van der Waals surface area contributed by atoms with Gasteiger partial charge in [-0.1, -0.05) is 72.8 Å². The van der Waals surface area contributed by atoms with Crippen LogP contribution in [-0.4, -0.2) is 40.9 Å². The van der Waals surface area contributed by atoms with Crippen molar-refractivity contribution in [2.24, 2.45) is 11.3 Å². The molecule has 3 nitrogen and oxygen atoms in total. The van der Waals surface area contributed by atoms with E-state index in [-0.39, 0.29) is 23.9 Å². The number of likely N-dealkylation sites (tertiary alicyclic amines) is 1. The van der Waals surface area contributed by atoms with Gasteiger partial charge in [-0.3, -0.25) is 4.90 Å². The first kappa shape index (κ1) is 16.9. The van der Waals surface area contributed by atoms with E-state index in [1.165, 1.54) is 21.9 Å². The van der Waals surface area contributed by atoms with Crippen molar-refractivity contribution in [3.8, 4) is 0 Å². The molecule has 4 atom stereocenters. The summed E-state index contributed by atoms with van der Waals surface area (Å²) in [6.45, 7) is 2.48. The van der Waals surface area contributed by atoms with Crippen LogP contribution < -0.4 is 0 Å². The molecule has 3 heteroatoms. The molecule has 2 N–H and O–H groups in total. The molecule has 138 valence electrons. The third kappa shape index (κ3) is 2.61. The number of aliphatic hydroxyl groups is 2. The summed E-state index contributed by atoms with van der Waals surface area (Å²) < 4.78 is 0. The maximum Gasteiger partial charge on any atom is 0.0745 e. The lowest BCUT2D eigenvalue weighted by molar-refractivity contribution is 0.111. The van der Waals surface area contributed by atoms with Gasteiger partial charge >= 0.3 is 0 Å². The summed E-state index contributed by atoms with van der Waals surface area (Å²) in [5.41, 5.74) is 2.33. The molecule has 1 heterocycles. The Morgan fingerprint density at radius 2 is 1.67 bits per heavy atom. The predicted molar refractivity (Wildman–Crippen MR) is 107 cm³/mol. The second kappa shape index (κ2) is 6.45. The van der Waals surface area contributed by atoms with Crippen LogP contribution in [-0.2, 0) is 6.54 Å². The molecule has 1 aliphatic carbocycles. The van der Waals surface area contributed by atoms with Crippen LogP contribution in [0.1, 0.15) is 17.0 Å². The molecular weight excluding hydrogens is 334 g/mol. The summed E-state index contributed by atoms with van der Waals surface area (Å²) in [6, 6.07) is 25.3. The monoisotopic (exact) mass is 359 g/mol. The van der Waals surface area contributed by atoms with Crippen LogP contribution >= 0.6 is 0 Å². The van der Waals surface area contributed by atoms with Gasteiger partial charge in [-0.25, -0.2) is 0 Å². The number of fused-ring (bicyclic) bond motifs is 1. The van der Waals surface area contributed by atoms with Gasteiger partial charge in [-0.15, -0.1) is 0 Å². The maximum absolute atomic E-state index is 11.0. The first-order chi connectivity index (χ1) is 13.2. The van der Waals surface area contributed by atoms with E-state index in [0.717, 1.165) is 13.1 Å².